The topological polar surface area (TPSA) is 64.0 Å². The zero-order chi connectivity index (χ0) is 22.7. The molecule has 0 aliphatic heterocycles. The number of aromatic nitrogens is 2. The molecule has 5 heteroatoms. The van der Waals surface area contributed by atoms with Crippen LogP contribution in [0.1, 0.15) is 32.7 Å². The number of para-hydroxylation sites is 1. The van der Waals surface area contributed by atoms with Crippen LogP contribution in [0.25, 0.3) is 11.4 Å². The minimum atomic E-state index is -0.442. The van der Waals surface area contributed by atoms with Crippen molar-refractivity contribution in [2.45, 2.75) is 27.3 Å². The highest BCUT2D eigenvalue weighted by Gasteiger charge is 2.23. The highest BCUT2D eigenvalue weighted by atomic mass is 16.2. The van der Waals surface area contributed by atoms with Crippen LogP contribution in [0.5, 0.6) is 0 Å². The van der Waals surface area contributed by atoms with E-state index >= 15 is 0 Å². The van der Waals surface area contributed by atoms with Crippen LogP contribution in [0.15, 0.2) is 83.8 Å². The molecule has 5 nitrogen and oxygen atoms in total. The van der Waals surface area contributed by atoms with Gasteiger partial charge in [-0.2, -0.15) is 0 Å². The molecule has 2 aromatic heterocycles. The molecule has 1 amide bonds. The first-order valence-electron chi connectivity index (χ1n) is 10.5. The fourth-order valence-electron chi connectivity index (χ4n) is 3.73. The first-order valence-corrected chi connectivity index (χ1v) is 10.5. The second-order valence-corrected chi connectivity index (χ2v) is 7.93. The summed E-state index contributed by atoms with van der Waals surface area (Å²) in [5.41, 5.74) is 5.47. The lowest BCUT2D eigenvalue weighted by Crippen LogP contribution is -2.27. The van der Waals surface area contributed by atoms with Gasteiger partial charge in [0.25, 0.3) is 5.91 Å². The van der Waals surface area contributed by atoms with E-state index in [1.165, 1.54) is 11.6 Å². The lowest BCUT2D eigenvalue weighted by atomic mass is 10.0. The maximum atomic E-state index is 13.4. The summed E-state index contributed by atoms with van der Waals surface area (Å²) in [6.07, 6.45) is 1.67. The van der Waals surface area contributed by atoms with Gasteiger partial charge in [0.1, 0.15) is 5.56 Å². The van der Waals surface area contributed by atoms with E-state index < -0.39 is 5.91 Å². The summed E-state index contributed by atoms with van der Waals surface area (Å²) in [6, 6.07) is 22.7. The van der Waals surface area contributed by atoms with Crippen molar-refractivity contribution in [3.05, 3.63) is 117 Å². The summed E-state index contributed by atoms with van der Waals surface area (Å²) in [5, 5.41) is 2.92. The number of hydrogen-bond donors (Lipinski definition) is 1. The van der Waals surface area contributed by atoms with E-state index in [-0.39, 0.29) is 11.0 Å². The second-order valence-electron chi connectivity index (χ2n) is 7.93. The van der Waals surface area contributed by atoms with E-state index in [1.54, 1.807) is 6.20 Å². The molecule has 0 spiro atoms. The first-order chi connectivity index (χ1) is 15.4. The van der Waals surface area contributed by atoms with Gasteiger partial charge in [-0.3, -0.25) is 14.6 Å². The maximum Gasteiger partial charge on any atom is 0.261 e. The van der Waals surface area contributed by atoms with Crippen LogP contribution in [-0.4, -0.2) is 15.5 Å². The summed E-state index contributed by atoms with van der Waals surface area (Å²) in [6.45, 7) is 6.36. The number of nitrogens with one attached hydrogen (secondary N) is 1. The van der Waals surface area contributed by atoms with Crippen molar-refractivity contribution in [3.63, 3.8) is 0 Å². The maximum absolute atomic E-state index is 13.4. The van der Waals surface area contributed by atoms with Gasteiger partial charge in [0.15, 0.2) is 5.43 Å². The van der Waals surface area contributed by atoms with Gasteiger partial charge in [-0.25, -0.2) is 0 Å². The first kappa shape index (κ1) is 21.2. The molecule has 4 rings (SSSR count). The molecule has 0 saturated carbocycles. The van der Waals surface area contributed by atoms with Crippen LogP contribution in [-0.2, 0) is 6.54 Å². The van der Waals surface area contributed by atoms with Crippen molar-refractivity contribution in [1.82, 2.24) is 9.55 Å². The Labute approximate surface area is 187 Å². The van der Waals surface area contributed by atoms with Crippen LogP contribution >= 0.6 is 0 Å². The smallest absolute Gasteiger partial charge is 0.261 e. The van der Waals surface area contributed by atoms with Crippen LogP contribution in [0.3, 0.4) is 0 Å². The van der Waals surface area contributed by atoms with E-state index in [4.69, 9.17) is 0 Å². The number of carbonyl (C=O) groups excluding carboxylic acids is 1. The molecule has 2 heterocycles. The summed E-state index contributed by atoms with van der Waals surface area (Å²) >= 11 is 0. The van der Waals surface area contributed by atoms with Gasteiger partial charge < -0.3 is 9.88 Å². The van der Waals surface area contributed by atoms with Gasteiger partial charge in [0.05, 0.1) is 11.4 Å². The van der Waals surface area contributed by atoms with Gasteiger partial charge in [-0.1, -0.05) is 54.1 Å². The van der Waals surface area contributed by atoms with Gasteiger partial charge in [0, 0.05) is 30.2 Å². The number of carbonyl (C=O) groups is 1. The molecule has 0 fully saturated rings. The number of pyridine rings is 2. The Balaban J connectivity index is 1.89. The minimum Gasteiger partial charge on any atom is -0.338 e. The van der Waals surface area contributed by atoms with E-state index in [1.807, 2.05) is 67.8 Å². The van der Waals surface area contributed by atoms with Crippen LogP contribution in [0.4, 0.5) is 5.69 Å². The van der Waals surface area contributed by atoms with Crippen molar-refractivity contribution in [3.8, 4) is 11.4 Å². The van der Waals surface area contributed by atoms with Gasteiger partial charge in [-0.15, -0.1) is 0 Å². The highest BCUT2D eigenvalue weighted by molar-refractivity contribution is 6.08. The summed E-state index contributed by atoms with van der Waals surface area (Å²) < 4.78 is 1.99. The molecule has 0 atom stereocenters. The largest absolute Gasteiger partial charge is 0.338 e. The van der Waals surface area contributed by atoms with Gasteiger partial charge in [-0.05, 0) is 50.1 Å². The monoisotopic (exact) mass is 423 g/mol. The molecule has 0 unspecified atom stereocenters. The van der Waals surface area contributed by atoms with Crippen LogP contribution in [0, 0.1) is 20.8 Å². The normalized spacial score (nSPS) is 10.7. The van der Waals surface area contributed by atoms with E-state index in [0.717, 1.165) is 16.8 Å². The molecule has 1 N–H and O–H groups in total. The lowest BCUT2D eigenvalue weighted by molar-refractivity contribution is 0.102. The predicted molar refractivity (Wildman–Crippen MR) is 128 cm³/mol. The number of hydrogen-bond acceptors (Lipinski definition) is 3. The Morgan fingerprint density at radius 2 is 1.66 bits per heavy atom. The Hall–Kier alpha value is -3.99. The zero-order valence-electron chi connectivity index (χ0n) is 18.4. The third-order valence-electron chi connectivity index (χ3n) is 5.51. The third-order valence-corrected chi connectivity index (χ3v) is 5.51. The highest BCUT2D eigenvalue weighted by Crippen LogP contribution is 2.24. The number of amides is 1. The van der Waals surface area contributed by atoms with Crippen molar-refractivity contribution in [2.24, 2.45) is 0 Å². The fraction of sp³-hybridized carbons (Fsp3) is 0.148. The van der Waals surface area contributed by atoms with Gasteiger partial charge in [0.2, 0.25) is 0 Å². The molecular weight excluding hydrogens is 398 g/mol. The second kappa shape index (κ2) is 9.02. The Morgan fingerprint density at radius 1 is 0.938 bits per heavy atom. The molecule has 32 heavy (non-hydrogen) atoms. The molecule has 0 aliphatic rings. The van der Waals surface area contributed by atoms with E-state index in [9.17, 15) is 9.59 Å². The van der Waals surface area contributed by atoms with E-state index in [2.05, 4.69) is 34.6 Å². The number of aryl methyl sites for hydroxylation is 3. The Morgan fingerprint density at radius 3 is 2.34 bits per heavy atom. The molecule has 0 radical (unpaired) electrons. The van der Waals surface area contributed by atoms with Crippen molar-refractivity contribution in [1.29, 1.82) is 0 Å². The Kier molecular flexibility index (Phi) is 5.99. The quantitative estimate of drug-likeness (QED) is 0.484. The van der Waals surface area contributed by atoms with Crippen LogP contribution in [0.2, 0.25) is 0 Å². The molecule has 2 aromatic carbocycles. The third kappa shape index (κ3) is 4.37. The number of nitrogens with zero attached hydrogens (tertiary/aromatic N) is 2. The van der Waals surface area contributed by atoms with Gasteiger partial charge >= 0.3 is 0 Å². The van der Waals surface area contributed by atoms with Crippen molar-refractivity contribution < 1.29 is 4.79 Å². The molecule has 0 saturated heterocycles. The lowest BCUT2D eigenvalue weighted by Gasteiger charge is -2.20. The predicted octanol–water partition coefficient (Wildman–Crippen LogP) is 5.14. The number of benzene rings is 2. The van der Waals surface area contributed by atoms with Crippen molar-refractivity contribution in [2.75, 3.05) is 5.32 Å². The zero-order valence-corrected chi connectivity index (χ0v) is 18.4. The number of anilines is 1. The Bertz CT molecular complexity index is 1320. The molecule has 160 valence electrons. The standard InChI is InChI=1S/C27H25N3O2/c1-18-11-13-21(14-12-18)17-30-20(3)16-24(31)25(26(30)23-10-6-7-15-28-23)27(32)29-22-9-5-4-8-19(22)2/h4-16H,17H2,1-3H3,(H,29,32). The minimum absolute atomic E-state index is 0.0877. The molecule has 4 aromatic rings. The van der Waals surface area contributed by atoms with Crippen LogP contribution < -0.4 is 10.7 Å². The summed E-state index contributed by atoms with van der Waals surface area (Å²) in [4.78, 5) is 31.0. The average Bonchev–Trinajstić information content (AvgIpc) is 2.78. The summed E-state index contributed by atoms with van der Waals surface area (Å²) in [5.74, 6) is -0.442. The average molecular weight is 424 g/mol. The fourth-order valence-corrected chi connectivity index (χ4v) is 3.73. The number of rotatable bonds is 5. The van der Waals surface area contributed by atoms with Crippen molar-refractivity contribution >= 4 is 11.6 Å². The molecule has 0 aliphatic carbocycles. The SMILES string of the molecule is Cc1ccc(Cn2c(C)cc(=O)c(C(=O)Nc3ccccc3C)c2-c2ccccn2)cc1. The van der Waals surface area contributed by atoms with E-state index in [0.29, 0.717) is 23.6 Å². The molecular formula is C27H25N3O2. The molecule has 0 bridgehead atoms. The summed E-state index contributed by atoms with van der Waals surface area (Å²) in [7, 11) is 0.